The Kier molecular flexibility index (Phi) is 3.13. The van der Waals surface area contributed by atoms with Gasteiger partial charge in [-0.15, -0.1) is 5.73 Å². The Balaban J connectivity index is 2.25. The first-order valence-corrected chi connectivity index (χ1v) is 5.18. The fourth-order valence-electron chi connectivity index (χ4n) is 1.51. The normalized spacial score (nSPS) is 14.8. The molecule has 0 saturated heterocycles. The maximum atomic E-state index is 12.6. The molecule has 1 aliphatic rings. The van der Waals surface area contributed by atoms with Crippen LogP contribution >= 0.6 is 0 Å². The number of hydrogen-bond donors (Lipinski definition) is 0. The predicted octanol–water partition coefficient (Wildman–Crippen LogP) is 3.28. The molecule has 0 unspecified atom stereocenters. The van der Waals surface area contributed by atoms with Crippen molar-refractivity contribution in [1.82, 2.24) is 0 Å². The molecule has 2 heteroatoms. The number of ketones is 1. The molecule has 1 nitrogen and oxygen atoms in total. The Labute approximate surface area is 93.6 Å². The smallest absolute Gasteiger partial charge is 0.189 e. The van der Waals surface area contributed by atoms with Crippen LogP contribution < -0.4 is 0 Å². The van der Waals surface area contributed by atoms with Crippen LogP contribution in [0.5, 0.6) is 0 Å². The fourth-order valence-corrected chi connectivity index (χ4v) is 1.51. The van der Waals surface area contributed by atoms with Gasteiger partial charge in [-0.05, 0) is 42.7 Å². The van der Waals surface area contributed by atoms with Gasteiger partial charge in [0.05, 0.1) is 0 Å². The van der Waals surface area contributed by atoms with Crippen LogP contribution in [-0.2, 0) is 4.79 Å². The number of carbonyl (C=O) groups excluding carboxylic acids is 1. The Morgan fingerprint density at radius 3 is 2.69 bits per heavy atom. The van der Waals surface area contributed by atoms with Gasteiger partial charge in [0.2, 0.25) is 0 Å². The van der Waals surface area contributed by atoms with Crippen LogP contribution in [0.1, 0.15) is 18.4 Å². The minimum atomic E-state index is -0.263. The molecule has 0 radical (unpaired) electrons. The molecule has 80 valence electrons. The van der Waals surface area contributed by atoms with Crippen LogP contribution in [0, 0.1) is 5.82 Å². The van der Waals surface area contributed by atoms with Gasteiger partial charge in [0, 0.05) is 5.57 Å². The standard InChI is InChI=1S/C14H11FO/c15-13-9-6-11(7-10-13)5-8-12-3-1-2-4-14(12)16/h2,4-7,9-10H,1,3H2. The number of benzene rings is 1. The fraction of sp³-hybridized carbons (Fsp3) is 0.143. The Hall–Kier alpha value is -1.92. The molecule has 2 rings (SSSR count). The van der Waals surface area contributed by atoms with E-state index in [-0.39, 0.29) is 11.6 Å². The molecule has 0 amide bonds. The largest absolute Gasteiger partial charge is 0.289 e. The van der Waals surface area contributed by atoms with Crippen LogP contribution in [0.25, 0.3) is 6.08 Å². The summed E-state index contributed by atoms with van der Waals surface area (Å²) < 4.78 is 12.6. The molecule has 0 aromatic heterocycles. The van der Waals surface area contributed by atoms with Crippen molar-refractivity contribution < 1.29 is 9.18 Å². The summed E-state index contributed by atoms with van der Waals surface area (Å²) in [5.41, 5.74) is 4.51. The van der Waals surface area contributed by atoms with Gasteiger partial charge in [-0.25, -0.2) is 4.39 Å². The van der Waals surface area contributed by atoms with Crippen molar-refractivity contribution in [3.05, 3.63) is 59.1 Å². The van der Waals surface area contributed by atoms with Crippen molar-refractivity contribution in [3.8, 4) is 0 Å². The summed E-state index contributed by atoms with van der Waals surface area (Å²) in [6, 6.07) is 6.10. The van der Waals surface area contributed by atoms with Crippen LogP contribution in [0.4, 0.5) is 4.39 Å². The highest BCUT2D eigenvalue weighted by molar-refractivity contribution is 6.04. The zero-order valence-corrected chi connectivity index (χ0v) is 8.74. The minimum Gasteiger partial charge on any atom is -0.289 e. The highest BCUT2D eigenvalue weighted by Crippen LogP contribution is 2.13. The predicted molar refractivity (Wildman–Crippen MR) is 61.3 cm³/mol. The van der Waals surface area contributed by atoms with E-state index < -0.39 is 0 Å². The van der Waals surface area contributed by atoms with E-state index in [9.17, 15) is 9.18 Å². The monoisotopic (exact) mass is 214 g/mol. The Morgan fingerprint density at radius 1 is 1.25 bits per heavy atom. The average molecular weight is 214 g/mol. The molecule has 0 spiro atoms. The van der Waals surface area contributed by atoms with Gasteiger partial charge in [-0.2, -0.15) is 0 Å². The second-order valence-electron chi connectivity index (χ2n) is 3.62. The first kappa shape index (κ1) is 10.6. The summed E-state index contributed by atoms with van der Waals surface area (Å²) in [4.78, 5) is 11.4. The zero-order valence-electron chi connectivity index (χ0n) is 8.74. The second-order valence-corrected chi connectivity index (χ2v) is 3.62. The van der Waals surface area contributed by atoms with Crippen molar-refractivity contribution in [3.63, 3.8) is 0 Å². The third kappa shape index (κ3) is 2.56. The molecule has 1 aliphatic carbocycles. The van der Waals surface area contributed by atoms with Crippen LogP contribution in [0.3, 0.4) is 0 Å². The molecule has 0 heterocycles. The first-order valence-electron chi connectivity index (χ1n) is 5.18. The minimum absolute atomic E-state index is 0.0182. The lowest BCUT2D eigenvalue weighted by Gasteiger charge is -2.02. The second kappa shape index (κ2) is 4.73. The lowest BCUT2D eigenvalue weighted by molar-refractivity contribution is -0.111. The molecular weight excluding hydrogens is 203 g/mol. The lowest BCUT2D eigenvalue weighted by Crippen LogP contribution is -2.01. The number of rotatable bonds is 1. The van der Waals surface area contributed by atoms with Crippen molar-refractivity contribution in [2.75, 3.05) is 0 Å². The van der Waals surface area contributed by atoms with Gasteiger partial charge in [0.25, 0.3) is 0 Å². The van der Waals surface area contributed by atoms with E-state index in [1.807, 2.05) is 6.08 Å². The van der Waals surface area contributed by atoms with Gasteiger partial charge in [-0.3, -0.25) is 4.79 Å². The quantitative estimate of drug-likeness (QED) is 0.518. The van der Waals surface area contributed by atoms with E-state index in [0.29, 0.717) is 5.57 Å². The number of carbonyl (C=O) groups is 1. The van der Waals surface area contributed by atoms with Gasteiger partial charge in [0.1, 0.15) is 5.82 Å². The summed E-state index contributed by atoms with van der Waals surface area (Å²) in [6.07, 6.45) is 6.76. The zero-order chi connectivity index (χ0) is 11.4. The van der Waals surface area contributed by atoms with Crippen LogP contribution in [0.2, 0.25) is 0 Å². The SMILES string of the molecule is O=C1C=CCCC1=C=Cc1ccc(F)cc1. The van der Waals surface area contributed by atoms with Crippen molar-refractivity contribution in [2.24, 2.45) is 0 Å². The van der Waals surface area contributed by atoms with E-state index in [1.54, 1.807) is 24.3 Å². The molecule has 1 aromatic carbocycles. The van der Waals surface area contributed by atoms with Crippen LogP contribution in [0.15, 0.2) is 47.7 Å². The highest BCUT2D eigenvalue weighted by atomic mass is 19.1. The van der Waals surface area contributed by atoms with Gasteiger partial charge in [-0.1, -0.05) is 18.2 Å². The van der Waals surface area contributed by atoms with Gasteiger partial charge < -0.3 is 0 Å². The van der Waals surface area contributed by atoms with Crippen molar-refractivity contribution >= 4 is 11.9 Å². The third-order valence-corrected chi connectivity index (χ3v) is 2.41. The Morgan fingerprint density at radius 2 is 2.00 bits per heavy atom. The summed E-state index contributed by atoms with van der Waals surface area (Å²) in [7, 11) is 0. The summed E-state index contributed by atoms with van der Waals surface area (Å²) in [5.74, 6) is -0.244. The molecule has 1 aromatic rings. The van der Waals surface area contributed by atoms with Gasteiger partial charge >= 0.3 is 0 Å². The number of halogens is 1. The molecule has 0 saturated carbocycles. The van der Waals surface area contributed by atoms with E-state index in [0.717, 1.165) is 18.4 Å². The highest BCUT2D eigenvalue weighted by Gasteiger charge is 2.07. The van der Waals surface area contributed by atoms with Crippen molar-refractivity contribution in [2.45, 2.75) is 12.8 Å². The Bertz CT molecular complexity index is 488. The summed E-state index contributed by atoms with van der Waals surface area (Å²) >= 11 is 0. The van der Waals surface area contributed by atoms with E-state index in [2.05, 4.69) is 5.73 Å². The van der Waals surface area contributed by atoms with E-state index >= 15 is 0 Å². The van der Waals surface area contributed by atoms with Crippen LogP contribution in [-0.4, -0.2) is 5.78 Å². The topological polar surface area (TPSA) is 17.1 Å². The molecule has 0 fully saturated rings. The number of allylic oxidation sites excluding steroid dienone is 3. The van der Waals surface area contributed by atoms with E-state index in [1.165, 1.54) is 12.1 Å². The molecule has 0 bridgehead atoms. The van der Waals surface area contributed by atoms with E-state index in [4.69, 9.17) is 0 Å². The first-order chi connectivity index (χ1) is 7.75. The maximum Gasteiger partial charge on any atom is 0.189 e. The molecular formula is C14H11FO. The molecule has 0 aliphatic heterocycles. The maximum absolute atomic E-state index is 12.6. The summed E-state index contributed by atoms with van der Waals surface area (Å²) in [6.45, 7) is 0. The molecule has 0 N–H and O–H groups in total. The number of hydrogen-bond acceptors (Lipinski definition) is 1. The third-order valence-electron chi connectivity index (χ3n) is 2.41. The lowest BCUT2D eigenvalue weighted by atomic mass is 10.0. The molecule has 0 atom stereocenters. The molecule has 16 heavy (non-hydrogen) atoms. The van der Waals surface area contributed by atoms with Gasteiger partial charge in [0.15, 0.2) is 5.78 Å². The average Bonchev–Trinajstić information content (AvgIpc) is 2.30. The van der Waals surface area contributed by atoms with Crippen molar-refractivity contribution in [1.29, 1.82) is 0 Å². The summed E-state index contributed by atoms with van der Waals surface area (Å²) in [5, 5.41) is 0.